The highest BCUT2D eigenvalue weighted by Gasteiger charge is 2.40. The summed E-state index contributed by atoms with van der Waals surface area (Å²) in [4.78, 5) is 25.9. The van der Waals surface area contributed by atoms with Crippen LogP contribution in [-0.4, -0.2) is 29.4 Å². The lowest BCUT2D eigenvalue weighted by molar-refractivity contribution is -0.139. The van der Waals surface area contributed by atoms with Crippen LogP contribution in [0.15, 0.2) is 11.6 Å². The molecule has 98 valence electrons. The highest BCUT2D eigenvalue weighted by atomic mass is 16.5. The zero-order valence-electron chi connectivity index (χ0n) is 11.2. The van der Waals surface area contributed by atoms with Crippen molar-refractivity contribution in [1.82, 2.24) is 0 Å². The van der Waals surface area contributed by atoms with Gasteiger partial charge in [0.15, 0.2) is 0 Å². The van der Waals surface area contributed by atoms with Crippen LogP contribution < -0.4 is 0 Å². The summed E-state index contributed by atoms with van der Waals surface area (Å²) in [5.74, 6) is -1.26. The van der Waals surface area contributed by atoms with Gasteiger partial charge in [0.1, 0.15) is 0 Å². The summed E-state index contributed by atoms with van der Waals surface area (Å²) in [5, 5.41) is 0. The van der Waals surface area contributed by atoms with Crippen molar-refractivity contribution in [3.63, 3.8) is 0 Å². The third-order valence-corrected chi connectivity index (χ3v) is 3.92. The van der Waals surface area contributed by atoms with E-state index in [9.17, 15) is 9.59 Å². The number of allylic oxidation sites excluding steroid dienone is 2. The van der Waals surface area contributed by atoms with Gasteiger partial charge in [-0.25, -0.2) is 4.79 Å². The Balaban J connectivity index is 2.79. The molecule has 0 bridgehead atoms. The summed E-state index contributed by atoms with van der Waals surface area (Å²) in [5.41, 5.74) is 9.34. The molecule has 0 fully saturated rings. The number of ether oxygens (including phenoxy) is 1. The first-order chi connectivity index (χ1) is 8.34. The summed E-state index contributed by atoms with van der Waals surface area (Å²) in [6.07, 6.45) is 3.08. The normalized spacial score (nSPS) is 20.9. The van der Waals surface area contributed by atoms with Gasteiger partial charge in [-0.15, -0.1) is 0 Å². The van der Waals surface area contributed by atoms with E-state index in [0.29, 0.717) is 0 Å². The number of rotatable bonds is 4. The number of Topliss-reactive ketones (excluding diaryl/α,β-unsaturated/α-hetero) is 1. The first-order valence-corrected chi connectivity index (χ1v) is 5.85. The minimum atomic E-state index is -0.900. The Morgan fingerprint density at radius 2 is 2.17 bits per heavy atom. The first-order valence-electron chi connectivity index (χ1n) is 5.85. The lowest BCUT2D eigenvalue weighted by Crippen LogP contribution is -2.31. The molecule has 0 amide bonds. The molecule has 1 aliphatic rings. The second-order valence-electron chi connectivity index (χ2n) is 5.11. The summed E-state index contributed by atoms with van der Waals surface area (Å²) >= 11 is 0. The largest absolute Gasteiger partial charge is 0.460 e. The second-order valence-corrected chi connectivity index (χ2v) is 5.11. The molecule has 1 atom stereocenters. The van der Waals surface area contributed by atoms with E-state index in [0.717, 1.165) is 13.5 Å². The van der Waals surface area contributed by atoms with Crippen LogP contribution in [-0.2, 0) is 14.3 Å². The molecule has 18 heavy (non-hydrogen) atoms. The predicted molar refractivity (Wildman–Crippen MR) is 65.9 cm³/mol. The molecule has 0 spiro atoms. The molecule has 0 heterocycles. The van der Waals surface area contributed by atoms with Crippen LogP contribution in [0.25, 0.3) is 5.53 Å². The molecule has 0 N–H and O–H groups in total. The summed E-state index contributed by atoms with van der Waals surface area (Å²) in [6, 6.07) is 0. The van der Waals surface area contributed by atoms with E-state index < -0.39 is 17.5 Å². The van der Waals surface area contributed by atoms with Crippen molar-refractivity contribution in [1.29, 1.82) is 0 Å². The summed E-state index contributed by atoms with van der Waals surface area (Å²) in [7, 11) is 1.14. The molecular formula is C13H18N2O3. The Labute approximate surface area is 106 Å². The van der Waals surface area contributed by atoms with E-state index in [2.05, 4.69) is 29.5 Å². The van der Waals surface area contributed by atoms with E-state index in [1.165, 1.54) is 5.57 Å². The van der Waals surface area contributed by atoms with Gasteiger partial charge in [0.2, 0.25) is 0 Å². The third-order valence-electron chi connectivity index (χ3n) is 3.92. The molecule has 0 saturated heterocycles. The van der Waals surface area contributed by atoms with E-state index in [-0.39, 0.29) is 17.8 Å². The smallest absolute Gasteiger partial charge is 0.441 e. The van der Waals surface area contributed by atoms with Gasteiger partial charge in [-0.3, -0.25) is 4.79 Å². The van der Waals surface area contributed by atoms with Crippen LogP contribution in [0, 0.1) is 11.3 Å². The zero-order chi connectivity index (χ0) is 13.9. The number of ketones is 1. The van der Waals surface area contributed by atoms with Gasteiger partial charge in [0, 0.05) is 6.42 Å². The maximum Gasteiger partial charge on any atom is 0.441 e. The molecule has 0 aromatic carbocycles. The lowest BCUT2D eigenvalue weighted by Gasteiger charge is -2.28. The molecule has 0 aromatic heterocycles. The fraction of sp³-hybridized carbons (Fsp3) is 0.615. The van der Waals surface area contributed by atoms with E-state index in [1.807, 2.05) is 6.92 Å². The Morgan fingerprint density at radius 3 is 2.56 bits per heavy atom. The average molecular weight is 250 g/mol. The summed E-state index contributed by atoms with van der Waals surface area (Å²) < 4.78 is 4.40. The highest BCUT2D eigenvalue weighted by Crippen LogP contribution is 2.44. The lowest BCUT2D eigenvalue weighted by atomic mass is 9.75. The number of carbonyl (C=O) groups excluding carboxylic acids is 2. The second kappa shape index (κ2) is 5.27. The molecule has 0 radical (unpaired) electrons. The monoisotopic (exact) mass is 250 g/mol. The predicted octanol–water partition coefficient (Wildman–Crippen LogP) is 1.78. The standard InChI is InChI=1S/C13H18N2O3/c1-8-5-6-9(13(8,2)3)7-10(16)11(15-14)12(17)18-4/h5,9H,6-7H2,1-4H3/t9-/m0/s1. The van der Waals surface area contributed by atoms with Crippen molar-refractivity contribution in [3.8, 4) is 0 Å². The fourth-order valence-electron chi connectivity index (χ4n) is 2.16. The van der Waals surface area contributed by atoms with E-state index in [4.69, 9.17) is 5.53 Å². The third kappa shape index (κ3) is 2.57. The molecule has 1 rings (SSSR count). The minimum absolute atomic E-state index is 0.0770. The molecule has 5 nitrogen and oxygen atoms in total. The van der Waals surface area contributed by atoms with Crippen LogP contribution in [0.2, 0.25) is 0 Å². The molecule has 0 unspecified atom stereocenters. The van der Waals surface area contributed by atoms with Gasteiger partial charge in [0.05, 0.1) is 7.11 Å². The van der Waals surface area contributed by atoms with E-state index >= 15 is 0 Å². The Kier molecular flexibility index (Phi) is 4.19. The molecule has 0 saturated carbocycles. The van der Waals surface area contributed by atoms with Gasteiger partial charge in [-0.2, -0.15) is 4.79 Å². The topological polar surface area (TPSA) is 79.8 Å². The molecule has 0 aromatic rings. The van der Waals surface area contributed by atoms with Gasteiger partial charge in [0.25, 0.3) is 5.78 Å². The highest BCUT2D eigenvalue weighted by molar-refractivity contribution is 6.62. The molecule has 5 heteroatoms. The molecular weight excluding hydrogens is 232 g/mol. The van der Waals surface area contributed by atoms with Crippen molar-refractivity contribution in [2.75, 3.05) is 7.11 Å². The quantitative estimate of drug-likeness (QED) is 0.190. The van der Waals surface area contributed by atoms with Crippen LogP contribution in [0.5, 0.6) is 0 Å². The maximum absolute atomic E-state index is 11.9. The molecule has 1 aliphatic carbocycles. The van der Waals surface area contributed by atoms with Gasteiger partial charge in [-0.05, 0) is 24.7 Å². The number of carbonyl (C=O) groups is 2. The van der Waals surface area contributed by atoms with Crippen molar-refractivity contribution < 1.29 is 19.1 Å². The minimum Gasteiger partial charge on any atom is -0.460 e. The van der Waals surface area contributed by atoms with Crippen LogP contribution in [0.3, 0.4) is 0 Å². The Morgan fingerprint density at radius 1 is 1.56 bits per heavy atom. The number of hydrogen-bond donors (Lipinski definition) is 0. The number of hydrogen-bond acceptors (Lipinski definition) is 3. The average Bonchev–Trinajstić information content (AvgIpc) is 2.56. The number of esters is 1. The van der Waals surface area contributed by atoms with Crippen molar-refractivity contribution in [3.05, 3.63) is 17.2 Å². The zero-order valence-corrected chi connectivity index (χ0v) is 11.2. The number of methoxy groups -OCH3 is 1. The first kappa shape index (κ1) is 14.3. The van der Waals surface area contributed by atoms with Crippen LogP contribution in [0.4, 0.5) is 0 Å². The van der Waals surface area contributed by atoms with Gasteiger partial charge in [-0.1, -0.05) is 25.5 Å². The van der Waals surface area contributed by atoms with Crippen LogP contribution >= 0.6 is 0 Å². The SMILES string of the molecule is COC(=O)C(=[N+]=[N-])C(=O)C[C@@H]1CC=C(C)C1(C)C. The van der Waals surface area contributed by atoms with Gasteiger partial charge >= 0.3 is 11.7 Å². The Bertz CT molecular complexity index is 457. The Hall–Kier alpha value is -1.74. The number of nitrogens with zero attached hydrogens (tertiary/aromatic N) is 2. The van der Waals surface area contributed by atoms with Crippen LogP contribution in [0.1, 0.15) is 33.6 Å². The summed E-state index contributed by atoms with van der Waals surface area (Å²) in [6.45, 7) is 6.17. The van der Waals surface area contributed by atoms with Crippen molar-refractivity contribution >= 4 is 17.5 Å². The van der Waals surface area contributed by atoms with E-state index in [1.54, 1.807) is 0 Å². The van der Waals surface area contributed by atoms with Gasteiger partial charge < -0.3 is 10.3 Å². The maximum atomic E-state index is 11.9. The van der Waals surface area contributed by atoms with Crippen molar-refractivity contribution in [2.45, 2.75) is 33.6 Å². The molecule has 0 aliphatic heterocycles. The fourth-order valence-corrected chi connectivity index (χ4v) is 2.16. The van der Waals surface area contributed by atoms with Crippen molar-refractivity contribution in [2.24, 2.45) is 11.3 Å².